The van der Waals surface area contributed by atoms with Crippen LogP contribution in [0.2, 0.25) is 0 Å². The summed E-state index contributed by atoms with van der Waals surface area (Å²) in [6.07, 6.45) is 1.42. The maximum atomic E-state index is 14.7. The van der Waals surface area contributed by atoms with Crippen molar-refractivity contribution < 1.29 is 9.53 Å². The molecule has 6 rings (SSSR count). The number of nitrogens with two attached hydrogens (primary N) is 1. The average molecular weight is 488 g/mol. The molecular weight excluding hydrogens is 462 g/mol. The smallest absolute Gasteiger partial charge is 0.248 e. The number of hydrogen-bond donors (Lipinski definition) is 1. The molecule has 0 aliphatic carbocycles. The zero-order chi connectivity index (χ0) is 25.6. The SMILES string of the molecule is CCCc1nn(-c2ccccc2)c2c1[C@]1(C(=O)N(Cc3ccccc3)c3ccccc31)C(C#N)=C(N)O2. The molecule has 37 heavy (non-hydrogen) atoms. The fourth-order valence-electron chi connectivity index (χ4n) is 5.54. The Balaban J connectivity index is 1.66. The Kier molecular flexibility index (Phi) is 5.31. The fourth-order valence-corrected chi connectivity index (χ4v) is 5.54. The van der Waals surface area contributed by atoms with E-state index in [2.05, 4.69) is 13.0 Å². The summed E-state index contributed by atoms with van der Waals surface area (Å²) in [5.74, 6) is 0.0577. The molecule has 4 aromatic rings. The number of nitrogens with zero attached hydrogens (tertiary/aromatic N) is 4. The summed E-state index contributed by atoms with van der Waals surface area (Å²) >= 11 is 0. The predicted molar refractivity (Wildman–Crippen MR) is 140 cm³/mol. The second-order valence-electron chi connectivity index (χ2n) is 9.22. The number of aryl methyl sites for hydroxylation is 1. The van der Waals surface area contributed by atoms with E-state index in [-0.39, 0.29) is 17.4 Å². The lowest BCUT2D eigenvalue weighted by molar-refractivity contribution is -0.121. The summed E-state index contributed by atoms with van der Waals surface area (Å²) in [5.41, 5.74) is 9.61. The van der Waals surface area contributed by atoms with E-state index >= 15 is 0 Å². The van der Waals surface area contributed by atoms with Gasteiger partial charge in [0.15, 0.2) is 0 Å². The van der Waals surface area contributed by atoms with Gasteiger partial charge in [0.05, 0.1) is 23.5 Å². The summed E-state index contributed by atoms with van der Waals surface area (Å²) in [6.45, 7) is 2.43. The number of para-hydroxylation sites is 2. The normalized spacial score (nSPS) is 17.9. The molecule has 3 heterocycles. The van der Waals surface area contributed by atoms with Crippen molar-refractivity contribution in [2.75, 3.05) is 4.90 Å². The van der Waals surface area contributed by atoms with E-state index < -0.39 is 5.41 Å². The minimum Gasteiger partial charge on any atom is -0.422 e. The fraction of sp³-hybridized carbons (Fsp3) is 0.167. The van der Waals surface area contributed by atoms with Crippen molar-refractivity contribution in [1.82, 2.24) is 9.78 Å². The molecular formula is C30H25N5O2. The van der Waals surface area contributed by atoms with E-state index in [9.17, 15) is 10.1 Å². The van der Waals surface area contributed by atoms with Gasteiger partial charge >= 0.3 is 0 Å². The number of aromatic nitrogens is 2. The van der Waals surface area contributed by atoms with E-state index in [1.54, 1.807) is 9.58 Å². The third-order valence-electron chi connectivity index (χ3n) is 7.07. The molecule has 0 fully saturated rings. The number of carbonyl (C=O) groups is 1. The Morgan fingerprint density at radius 2 is 1.68 bits per heavy atom. The van der Waals surface area contributed by atoms with Crippen molar-refractivity contribution in [2.24, 2.45) is 5.73 Å². The molecule has 0 unspecified atom stereocenters. The van der Waals surface area contributed by atoms with Crippen molar-refractivity contribution in [1.29, 1.82) is 5.26 Å². The zero-order valence-electron chi connectivity index (χ0n) is 20.4. The third kappa shape index (κ3) is 3.19. The zero-order valence-corrected chi connectivity index (χ0v) is 20.4. The Labute approximate surface area is 215 Å². The average Bonchev–Trinajstić information content (AvgIpc) is 3.40. The molecule has 1 aromatic heterocycles. The van der Waals surface area contributed by atoms with E-state index in [0.29, 0.717) is 35.7 Å². The van der Waals surface area contributed by atoms with Gasteiger partial charge in [-0.3, -0.25) is 4.79 Å². The molecule has 1 atom stereocenters. The van der Waals surface area contributed by atoms with Gasteiger partial charge in [-0.2, -0.15) is 10.4 Å². The Hall–Kier alpha value is -4.83. The summed E-state index contributed by atoms with van der Waals surface area (Å²) < 4.78 is 7.81. The van der Waals surface area contributed by atoms with Gasteiger partial charge in [-0.05, 0) is 30.2 Å². The highest BCUT2D eigenvalue weighted by Crippen LogP contribution is 2.56. The van der Waals surface area contributed by atoms with Crippen molar-refractivity contribution in [2.45, 2.75) is 31.7 Å². The molecule has 7 nitrogen and oxygen atoms in total. The molecule has 0 saturated carbocycles. The minimum atomic E-state index is -1.45. The van der Waals surface area contributed by atoms with Crippen LogP contribution in [0.3, 0.4) is 0 Å². The highest BCUT2D eigenvalue weighted by molar-refractivity contribution is 6.14. The molecule has 2 N–H and O–H groups in total. The van der Waals surface area contributed by atoms with Gasteiger partial charge in [-0.25, -0.2) is 4.68 Å². The molecule has 182 valence electrons. The van der Waals surface area contributed by atoms with Crippen LogP contribution in [-0.4, -0.2) is 15.7 Å². The van der Waals surface area contributed by atoms with Crippen LogP contribution in [-0.2, 0) is 23.2 Å². The molecule has 2 aliphatic heterocycles. The monoisotopic (exact) mass is 487 g/mol. The molecule has 1 spiro atoms. The van der Waals surface area contributed by atoms with Gasteiger partial charge in [-0.15, -0.1) is 0 Å². The first-order chi connectivity index (χ1) is 18.1. The number of hydrogen-bond acceptors (Lipinski definition) is 5. The molecule has 2 aliphatic rings. The molecule has 1 amide bonds. The lowest BCUT2D eigenvalue weighted by Crippen LogP contribution is -2.46. The van der Waals surface area contributed by atoms with Crippen LogP contribution >= 0.6 is 0 Å². The van der Waals surface area contributed by atoms with E-state index in [0.717, 1.165) is 23.4 Å². The van der Waals surface area contributed by atoms with Crippen molar-refractivity contribution >= 4 is 11.6 Å². The summed E-state index contributed by atoms with van der Waals surface area (Å²) in [6, 6.07) is 29.3. The van der Waals surface area contributed by atoms with Gasteiger partial charge in [-0.1, -0.05) is 80.1 Å². The molecule has 0 radical (unpaired) electrons. The maximum Gasteiger partial charge on any atom is 0.248 e. The van der Waals surface area contributed by atoms with Gasteiger partial charge < -0.3 is 15.4 Å². The summed E-state index contributed by atoms with van der Waals surface area (Å²) in [4.78, 5) is 16.5. The number of anilines is 1. The standard InChI is InChI=1S/C30H25N5O2/c1-2-11-24-26-28(35(33-24)21-14-7-4-8-15-21)37-27(32)23(18-31)30(26)22-16-9-10-17-25(22)34(29(30)36)19-20-12-5-3-6-13-20/h3-10,12-17H,2,11,19,32H2,1H3/t30-/m1/s1. The highest BCUT2D eigenvalue weighted by Gasteiger charge is 2.61. The third-order valence-corrected chi connectivity index (χ3v) is 7.07. The van der Waals surface area contributed by atoms with Crippen LogP contribution in [0.25, 0.3) is 5.69 Å². The van der Waals surface area contributed by atoms with E-state index in [1.165, 1.54) is 0 Å². The van der Waals surface area contributed by atoms with Crippen LogP contribution in [0.4, 0.5) is 5.69 Å². The van der Waals surface area contributed by atoms with Gasteiger partial charge in [0, 0.05) is 11.3 Å². The molecule has 0 bridgehead atoms. The number of rotatable bonds is 5. The Morgan fingerprint density at radius 3 is 2.38 bits per heavy atom. The molecule has 3 aromatic carbocycles. The van der Waals surface area contributed by atoms with Crippen molar-refractivity contribution in [3.8, 4) is 17.6 Å². The number of ether oxygens (including phenoxy) is 1. The van der Waals surface area contributed by atoms with Crippen molar-refractivity contribution in [3.05, 3.63) is 119 Å². The Bertz CT molecular complexity index is 1580. The maximum absolute atomic E-state index is 14.7. The van der Waals surface area contributed by atoms with E-state index in [4.69, 9.17) is 15.6 Å². The number of amides is 1. The second kappa shape index (κ2) is 8.68. The quantitative estimate of drug-likeness (QED) is 0.438. The van der Waals surface area contributed by atoms with Crippen LogP contribution < -0.4 is 15.4 Å². The summed E-state index contributed by atoms with van der Waals surface area (Å²) in [5, 5.41) is 15.3. The van der Waals surface area contributed by atoms with E-state index in [1.807, 2.05) is 84.9 Å². The lowest BCUT2D eigenvalue weighted by atomic mass is 9.68. The number of benzene rings is 3. The number of carbonyl (C=O) groups excluding carboxylic acids is 1. The molecule has 7 heteroatoms. The largest absolute Gasteiger partial charge is 0.422 e. The number of nitriles is 1. The Morgan fingerprint density at radius 1 is 1.00 bits per heavy atom. The first-order valence-electron chi connectivity index (χ1n) is 12.3. The highest BCUT2D eigenvalue weighted by atomic mass is 16.5. The van der Waals surface area contributed by atoms with Crippen LogP contribution in [0.1, 0.15) is 35.7 Å². The summed E-state index contributed by atoms with van der Waals surface area (Å²) in [7, 11) is 0. The first-order valence-corrected chi connectivity index (χ1v) is 12.3. The minimum absolute atomic E-state index is 0.0835. The van der Waals surface area contributed by atoms with Crippen LogP contribution in [0.15, 0.2) is 96.4 Å². The van der Waals surface area contributed by atoms with Gasteiger partial charge in [0.2, 0.25) is 17.7 Å². The van der Waals surface area contributed by atoms with Crippen LogP contribution in [0, 0.1) is 11.3 Å². The van der Waals surface area contributed by atoms with Crippen molar-refractivity contribution in [3.63, 3.8) is 0 Å². The first kappa shape index (κ1) is 22.6. The lowest BCUT2D eigenvalue weighted by Gasteiger charge is -2.33. The van der Waals surface area contributed by atoms with Gasteiger partial charge in [0.1, 0.15) is 17.1 Å². The second-order valence-corrected chi connectivity index (χ2v) is 9.22. The van der Waals surface area contributed by atoms with Gasteiger partial charge in [0.25, 0.3) is 0 Å². The molecule has 0 saturated heterocycles. The predicted octanol–water partition coefficient (Wildman–Crippen LogP) is 4.74. The van der Waals surface area contributed by atoms with Crippen LogP contribution in [0.5, 0.6) is 5.88 Å². The number of fused-ring (bicyclic) bond motifs is 4. The topological polar surface area (TPSA) is 97.2 Å².